The lowest BCUT2D eigenvalue weighted by Crippen LogP contribution is -2.51. The molecule has 122 valence electrons. The van der Waals surface area contributed by atoms with Gasteiger partial charge in [0.15, 0.2) is 0 Å². The predicted molar refractivity (Wildman–Crippen MR) is 83.0 cm³/mol. The van der Waals surface area contributed by atoms with Crippen LogP contribution >= 0.6 is 0 Å². The zero-order valence-electron chi connectivity index (χ0n) is 12.9. The van der Waals surface area contributed by atoms with Crippen LogP contribution in [0.15, 0.2) is 18.2 Å². The fraction of sp³-hybridized carbons (Fsp3) is 0.438. The molecule has 1 aromatic carbocycles. The van der Waals surface area contributed by atoms with E-state index >= 15 is 0 Å². The summed E-state index contributed by atoms with van der Waals surface area (Å²) in [5.41, 5.74) is 6.76. The highest BCUT2D eigenvalue weighted by atomic mass is 16.6. The topological polar surface area (TPSA) is 92.9 Å². The van der Waals surface area contributed by atoms with E-state index in [1.807, 2.05) is 0 Å². The summed E-state index contributed by atoms with van der Waals surface area (Å²) in [5, 5.41) is 0. The first-order valence-corrected chi connectivity index (χ1v) is 7.72. The van der Waals surface area contributed by atoms with Gasteiger partial charge in [-0.15, -0.1) is 0 Å². The minimum absolute atomic E-state index is 0.269. The minimum atomic E-state index is -0.409. The number of hydrogen-bond donors (Lipinski definition) is 1. The van der Waals surface area contributed by atoms with Crippen molar-refractivity contribution in [1.82, 2.24) is 9.80 Å². The molecule has 2 aliphatic heterocycles. The first kappa shape index (κ1) is 15.3. The number of carbonyl (C=O) groups excluding carboxylic acids is 3. The second-order valence-corrected chi connectivity index (χ2v) is 5.69. The number of amides is 3. The SMILES string of the molecule is CCOC(=O)N1CCC[C@@H](N2C(=O)c3cccc(N)c3C2=O)C1. The molecule has 7 nitrogen and oxygen atoms in total. The molecule has 1 atom stereocenters. The van der Waals surface area contributed by atoms with E-state index in [1.54, 1.807) is 30.0 Å². The second-order valence-electron chi connectivity index (χ2n) is 5.69. The number of ether oxygens (including phenoxy) is 1. The van der Waals surface area contributed by atoms with Gasteiger partial charge in [0.05, 0.1) is 23.8 Å². The molecule has 3 amide bonds. The molecule has 23 heavy (non-hydrogen) atoms. The number of fused-ring (bicyclic) bond motifs is 1. The van der Waals surface area contributed by atoms with E-state index in [0.29, 0.717) is 43.8 Å². The zero-order valence-corrected chi connectivity index (χ0v) is 12.9. The average molecular weight is 317 g/mol. The molecule has 0 bridgehead atoms. The highest BCUT2D eigenvalue weighted by molar-refractivity contribution is 6.23. The maximum absolute atomic E-state index is 12.6. The Kier molecular flexibility index (Phi) is 3.94. The molecule has 0 radical (unpaired) electrons. The Bertz CT molecular complexity index is 673. The van der Waals surface area contributed by atoms with Gasteiger partial charge in [0.25, 0.3) is 11.8 Å². The van der Waals surface area contributed by atoms with Crippen molar-refractivity contribution in [3.05, 3.63) is 29.3 Å². The number of rotatable bonds is 2. The van der Waals surface area contributed by atoms with E-state index in [-0.39, 0.29) is 23.4 Å². The van der Waals surface area contributed by atoms with Crippen molar-refractivity contribution >= 4 is 23.6 Å². The van der Waals surface area contributed by atoms with Crippen LogP contribution in [0.2, 0.25) is 0 Å². The van der Waals surface area contributed by atoms with Crippen molar-refractivity contribution in [3.8, 4) is 0 Å². The molecule has 0 unspecified atom stereocenters. The van der Waals surface area contributed by atoms with E-state index in [9.17, 15) is 14.4 Å². The smallest absolute Gasteiger partial charge is 0.409 e. The van der Waals surface area contributed by atoms with Crippen LogP contribution in [-0.4, -0.2) is 53.4 Å². The van der Waals surface area contributed by atoms with Crippen LogP contribution in [0, 0.1) is 0 Å². The highest BCUT2D eigenvalue weighted by Gasteiger charge is 2.42. The number of carbonyl (C=O) groups is 3. The lowest BCUT2D eigenvalue weighted by atomic mass is 10.0. The van der Waals surface area contributed by atoms with E-state index in [4.69, 9.17) is 10.5 Å². The monoisotopic (exact) mass is 317 g/mol. The second kappa shape index (κ2) is 5.91. The van der Waals surface area contributed by atoms with Gasteiger partial charge in [0.1, 0.15) is 0 Å². The Labute approximate surface area is 134 Å². The lowest BCUT2D eigenvalue weighted by molar-refractivity contribution is 0.0442. The molecule has 7 heteroatoms. The van der Waals surface area contributed by atoms with E-state index in [1.165, 1.54) is 4.90 Å². The van der Waals surface area contributed by atoms with Crippen molar-refractivity contribution in [2.24, 2.45) is 0 Å². The van der Waals surface area contributed by atoms with Gasteiger partial charge in [-0.1, -0.05) is 6.07 Å². The first-order chi connectivity index (χ1) is 11.0. The summed E-state index contributed by atoms with van der Waals surface area (Å²) < 4.78 is 5.01. The molecule has 2 heterocycles. The van der Waals surface area contributed by atoms with Crippen molar-refractivity contribution in [3.63, 3.8) is 0 Å². The Morgan fingerprint density at radius 2 is 2.13 bits per heavy atom. The summed E-state index contributed by atoms with van der Waals surface area (Å²) in [6.07, 6.45) is 0.974. The van der Waals surface area contributed by atoms with Crippen molar-refractivity contribution in [1.29, 1.82) is 0 Å². The van der Waals surface area contributed by atoms with E-state index in [2.05, 4.69) is 0 Å². The Balaban J connectivity index is 1.83. The highest BCUT2D eigenvalue weighted by Crippen LogP contribution is 2.31. The van der Waals surface area contributed by atoms with Gasteiger partial charge in [0.2, 0.25) is 0 Å². The van der Waals surface area contributed by atoms with Crippen LogP contribution in [0.25, 0.3) is 0 Å². The van der Waals surface area contributed by atoms with Gasteiger partial charge in [-0.25, -0.2) is 4.79 Å². The molecule has 0 spiro atoms. The molecular weight excluding hydrogens is 298 g/mol. The average Bonchev–Trinajstić information content (AvgIpc) is 2.80. The summed E-state index contributed by atoms with van der Waals surface area (Å²) in [4.78, 5) is 39.9. The number of hydrogen-bond acceptors (Lipinski definition) is 5. The molecule has 3 rings (SSSR count). The van der Waals surface area contributed by atoms with Crippen LogP contribution in [-0.2, 0) is 4.74 Å². The first-order valence-electron chi connectivity index (χ1n) is 7.72. The van der Waals surface area contributed by atoms with Gasteiger partial charge in [-0.2, -0.15) is 0 Å². The molecular formula is C16H19N3O4. The molecule has 0 aliphatic carbocycles. The molecule has 2 aliphatic rings. The van der Waals surface area contributed by atoms with Crippen LogP contribution in [0.5, 0.6) is 0 Å². The Hall–Kier alpha value is -2.57. The fourth-order valence-corrected chi connectivity index (χ4v) is 3.21. The number of nitrogens with zero attached hydrogens (tertiary/aromatic N) is 2. The van der Waals surface area contributed by atoms with Crippen LogP contribution in [0.4, 0.5) is 10.5 Å². The molecule has 0 saturated carbocycles. The van der Waals surface area contributed by atoms with Gasteiger partial charge < -0.3 is 15.4 Å². The Morgan fingerprint density at radius 1 is 1.35 bits per heavy atom. The maximum atomic E-state index is 12.6. The largest absolute Gasteiger partial charge is 0.450 e. The van der Waals surface area contributed by atoms with Gasteiger partial charge in [0, 0.05) is 18.8 Å². The minimum Gasteiger partial charge on any atom is -0.450 e. The lowest BCUT2D eigenvalue weighted by Gasteiger charge is -2.35. The summed E-state index contributed by atoms with van der Waals surface area (Å²) in [5.74, 6) is -0.716. The molecule has 1 fully saturated rings. The molecule has 1 aromatic rings. The summed E-state index contributed by atoms with van der Waals surface area (Å²) in [6.45, 7) is 2.90. The normalized spacial score (nSPS) is 20.7. The van der Waals surface area contributed by atoms with Crippen LogP contribution < -0.4 is 5.73 Å². The van der Waals surface area contributed by atoms with Crippen molar-refractivity contribution in [2.45, 2.75) is 25.8 Å². The molecule has 1 saturated heterocycles. The predicted octanol–water partition coefficient (Wildman–Crippen LogP) is 1.49. The van der Waals surface area contributed by atoms with Crippen LogP contribution in [0.3, 0.4) is 0 Å². The quantitative estimate of drug-likeness (QED) is 0.659. The fourth-order valence-electron chi connectivity index (χ4n) is 3.21. The zero-order chi connectivity index (χ0) is 16.6. The number of piperidine rings is 1. The number of benzene rings is 1. The number of likely N-dealkylation sites (tertiary alicyclic amines) is 1. The van der Waals surface area contributed by atoms with E-state index < -0.39 is 6.09 Å². The number of imide groups is 1. The van der Waals surface area contributed by atoms with Gasteiger partial charge in [-0.05, 0) is 31.9 Å². The maximum Gasteiger partial charge on any atom is 0.409 e. The number of nitrogens with two attached hydrogens (primary N) is 1. The van der Waals surface area contributed by atoms with Gasteiger partial charge in [-0.3, -0.25) is 14.5 Å². The summed E-state index contributed by atoms with van der Waals surface area (Å²) >= 11 is 0. The third-order valence-electron chi connectivity index (χ3n) is 4.27. The summed E-state index contributed by atoms with van der Waals surface area (Å²) in [7, 11) is 0. The third-order valence-corrected chi connectivity index (χ3v) is 4.27. The Morgan fingerprint density at radius 3 is 2.83 bits per heavy atom. The summed E-state index contributed by atoms with van der Waals surface area (Å²) in [6, 6.07) is 4.53. The number of anilines is 1. The van der Waals surface area contributed by atoms with Crippen molar-refractivity contribution in [2.75, 3.05) is 25.4 Å². The van der Waals surface area contributed by atoms with Crippen LogP contribution in [0.1, 0.15) is 40.5 Å². The van der Waals surface area contributed by atoms with E-state index in [0.717, 1.165) is 0 Å². The molecule has 0 aromatic heterocycles. The third kappa shape index (κ3) is 2.52. The standard InChI is InChI=1S/C16H19N3O4/c1-2-23-16(22)18-8-4-5-10(9-18)19-14(20)11-6-3-7-12(17)13(11)15(19)21/h3,6-7,10H,2,4-5,8-9,17H2,1H3/t10-/m1/s1. The molecule has 2 N–H and O–H groups in total. The van der Waals surface area contributed by atoms with Gasteiger partial charge >= 0.3 is 6.09 Å². The number of nitrogen functional groups attached to an aromatic ring is 1. The van der Waals surface area contributed by atoms with Crippen molar-refractivity contribution < 1.29 is 19.1 Å².